The van der Waals surface area contributed by atoms with Crippen molar-refractivity contribution in [3.63, 3.8) is 0 Å². The van der Waals surface area contributed by atoms with Gasteiger partial charge in [-0.1, -0.05) is 43.3 Å². The maximum atomic E-state index is 12.3. The second kappa shape index (κ2) is 4.69. The number of nitrogens with two attached hydrogens (primary N) is 1. The largest absolute Gasteiger partial charge is 0.324 e. The molecule has 0 fully saturated rings. The molecular formula is C17H15NO2. The molecular weight excluding hydrogens is 250 g/mol. The summed E-state index contributed by atoms with van der Waals surface area (Å²) in [5.41, 5.74) is 9.49. The lowest BCUT2D eigenvalue weighted by atomic mass is 9.82. The van der Waals surface area contributed by atoms with Crippen molar-refractivity contribution in [1.82, 2.24) is 0 Å². The van der Waals surface area contributed by atoms with Crippen molar-refractivity contribution >= 4 is 11.6 Å². The van der Waals surface area contributed by atoms with Gasteiger partial charge in [-0.05, 0) is 29.2 Å². The Bertz CT molecular complexity index is 719. The third kappa shape index (κ3) is 1.79. The standard InChI is InChI=1S/C17H15NO2/c1-2-15(18)10-7-8-12-11-5-3-4-6-13(11)16(19)17(20)14(12)9-10/h3-9,15H,2,18H2,1H3. The summed E-state index contributed by atoms with van der Waals surface area (Å²) in [6.45, 7) is 1.99. The number of rotatable bonds is 2. The Kier molecular flexibility index (Phi) is 2.99. The number of hydrogen-bond donors (Lipinski definition) is 1. The minimum atomic E-state index is -0.441. The maximum Gasteiger partial charge on any atom is 0.234 e. The van der Waals surface area contributed by atoms with Crippen LogP contribution in [0.4, 0.5) is 0 Å². The van der Waals surface area contributed by atoms with Gasteiger partial charge in [-0.2, -0.15) is 0 Å². The van der Waals surface area contributed by atoms with Crippen LogP contribution in [0.1, 0.15) is 45.7 Å². The lowest BCUT2D eigenvalue weighted by molar-refractivity contribution is 0.0815. The minimum Gasteiger partial charge on any atom is -0.324 e. The van der Waals surface area contributed by atoms with E-state index in [1.54, 1.807) is 18.2 Å². The number of benzene rings is 2. The van der Waals surface area contributed by atoms with Crippen LogP contribution in [0.25, 0.3) is 11.1 Å². The quantitative estimate of drug-likeness (QED) is 0.848. The molecule has 0 spiro atoms. The highest BCUT2D eigenvalue weighted by atomic mass is 16.2. The molecule has 1 unspecified atom stereocenters. The normalized spacial score (nSPS) is 14.7. The molecule has 0 bridgehead atoms. The van der Waals surface area contributed by atoms with E-state index >= 15 is 0 Å². The number of hydrogen-bond acceptors (Lipinski definition) is 3. The minimum absolute atomic E-state index is 0.111. The number of ketones is 2. The number of Topliss-reactive ketones (excluding diaryl/α,β-unsaturated/α-hetero) is 2. The van der Waals surface area contributed by atoms with Gasteiger partial charge >= 0.3 is 0 Å². The maximum absolute atomic E-state index is 12.3. The van der Waals surface area contributed by atoms with Crippen LogP contribution in [-0.4, -0.2) is 11.6 Å². The van der Waals surface area contributed by atoms with Crippen LogP contribution in [0, 0.1) is 0 Å². The predicted molar refractivity (Wildman–Crippen MR) is 77.8 cm³/mol. The van der Waals surface area contributed by atoms with E-state index in [0.29, 0.717) is 11.1 Å². The van der Waals surface area contributed by atoms with Crippen LogP contribution in [0.2, 0.25) is 0 Å². The molecule has 1 atom stereocenters. The first-order valence-corrected chi connectivity index (χ1v) is 6.71. The molecule has 2 aromatic rings. The van der Waals surface area contributed by atoms with Crippen molar-refractivity contribution in [2.75, 3.05) is 0 Å². The summed E-state index contributed by atoms with van der Waals surface area (Å²) in [7, 11) is 0. The fourth-order valence-corrected chi connectivity index (χ4v) is 2.61. The van der Waals surface area contributed by atoms with Crippen LogP contribution in [-0.2, 0) is 0 Å². The molecule has 0 radical (unpaired) electrons. The zero-order chi connectivity index (χ0) is 14.3. The molecule has 0 saturated carbocycles. The molecule has 3 nitrogen and oxygen atoms in total. The van der Waals surface area contributed by atoms with Crippen LogP contribution >= 0.6 is 0 Å². The summed E-state index contributed by atoms with van der Waals surface area (Å²) < 4.78 is 0. The van der Waals surface area contributed by atoms with Crippen LogP contribution < -0.4 is 5.73 Å². The Morgan fingerprint density at radius 2 is 1.50 bits per heavy atom. The van der Waals surface area contributed by atoms with Crippen LogP contribution in [0.3, 0.4) is 0 Å². The molecule has 3 rings (SSSR count). The third-order valence-electron chi connectivity index (χ3n) is 3.82. The third-order valence-corrected chi connectivity index (χ3v) is 3.82. The predicted octanol–water partition coefficient (Wildman–Crippen LogP) is 3.14. The average Bonchev–Trinajstić information content (AvgIpc) is 2.51. The van der Waals surface area contributed by atoms with E-state index in [9.17, 15) is 9.59 Å². The van der Waals surface area contributed by atoms with Gasteiger partial charge in [0.05, 0.1) is 0 Å². The lowest BCUT2D eigenvalue weighted by Crippen LogP contribution is -2.22. The van der Waals surface area contributed by atoms with Gasteiger partial charge < -0.3 is 5.73 Å². The van der Waals surface area contributed by atoms with Gasteiger partial charge in [-0.25, -0.2) is 0 Å². The summed E-state index contributed by atoms with van der Waals surface area (Å²) in [6.07, 6.45) is 0.789. The van der Waals surface area contributed by atoms with E-state index in [1.807, 2.05) is 31.2 Å². The Morgan fingerprint density at radius 3 is 2.20 bits per heavy atom. The Morgan fingerprint density at radius 1 is 0.900 bits per heavy atom. The van der Waals surface area contributed by atoms with E-state index in [2.05, 4.69) is 0 Å². The second-order valence-corrected chi connectivity index (χ2v) is 5.02. The van der Waals surface area contributed by atoms with Crippen molar-refractivity contribution in [3.8, 4) is 11.1 Å². The fraction of sp³-hybridized carbons (Fsp3) is 0.176. The van der Waals surface area contributed by atoms with E-state index in [1.165, 1.54) is 0 Å². The second-order valence-electron chi connectivity index (χ2n) is 5.02. The van der Waals surface area contributed by atoms with Gasteiger partial charge in [-0.3, -0.25) is 9.59 Å². The van der Waals surface area contributed by atoms with Crippen molar-refractivity contribution in [1.29, 1.82) is 0 Å². The monoisotopic (exact) mass is 265 g/mol. The molecule has 0 aromatic heterocycles. The Balaban J connectivity index is 2.23. The molecule has 2 aromatic carbocycles. The SMILES string of the molecule is CCC(N)c1ccc2c(c1)C(=O)C(=O)c1ccccc1-2. The zero-order valence-electron chi connectivity index (χ0n) is 11.2. The van der Waals surface area contributed by atoms with Gasteiger partial charge in [-0.15, -0.1) is 0 Å². The van der Waals surface area contributed by atoms with Gasteiger partial charge in [0.15, 0.2) is 0 Å². The molecule has 1 aliphatic carbocycles. The van der Waals surface area contributed by atoms with Gasteiger partial charge in [0, 0.05) is 17.2 Å². The molecule has 3 heteroatoms. The van der Waals surface area contributed by atoms with Crippen molar-refractivity contribution < 1.29 is 9.59 Å². The zero-order valence-corrected chi connectivity index (χ0v) is 11.2. The lowest BCUT2D eigenvalue weighted by Gasteiger charge is -2.19. The smallest absolute Gasteiger partial charge is 0.234 e. The highest BCUT2D eigenvalue weighted by molar-refractivity contribution is 6.53. The van der Waals surface area contributed by atoms with E-state index in [4.69, 9.17) is 5.73 Å². The van der Waals surface area contributed by atoms with E-state index < -0.39 is 11.6 Å². The number of fused-ring (bicyclic) bond motifs is 3. The Hall–Kier alpha value is -2.26. The number of carbonyl (C=O) groups is 2. The summed E-state index contributed by atoms with van der Waals surface area (Å²) in [4.78, 5) is 24.4. The molecule has 100 valence electrons. The van der Waals surface area contributed by atoms with Gasteiger partial charge in [0.1, 0.15) is 0 Å². The summed E-state index contributed by atoms with van der Waals surface area (Å²) in [5, 5.41) is 0. The Labute approximate surface area is 117 Å². The molecule has 0 saturated heterocycles. The summed E-state index contributed by atoms with van der Waals surface area (Å²) in [5.74, 6) is -0.876. The molecule has 1 aliphatic rings. The molecule has 20 heavy (non-hydrogen) atoms. The highest BCUT2D eigenvalue weighted by Crippen LogP contribution is 2.34. The molecule has 0 heterocycles. The first-order chi connectivity index (χ1) is 9.63. The van der Waals surface area contributed by atoms with Crippen LogP contribution in [0.15, 0.2) is 42.5 Å². The molecule has 2 N–H and O–H groups in total. The van der Waals surface area contributed by atoms with Gasteiger partial charge in [0.2, 0.25) is 11.6 Å². The summed E-state index contributed by atoms with van der Waals surface area (Å²) in [6, 6.07) is 12.7. The fourth-order valence-electron chi connectivity index (χ4n) is 2.61. The summed E-state index contributed by atoms with van der Waals surface area (Å²) >= 11 is 0. The van der Waals surface area contributed by atoms with E-state index in [-0.39, 0.29) is 6.04 Å². The number of carbonyl (C=O) groups excluding carboxylic acids is 2. The highest BCUT2D eigenvalue weighted by Gasteiger charge is 2.30. The topological polar surface area (TPSA) is 60.2 Å². The van der Waals surface area contributed by atoms with Crippen molar-refractivity contribution in [2.45, 2.75) is 19.4 Å². The van der Waals surface area contributed by atoms with Crippen LogP contribution in [0.5, 0.6) is 0 Å². The van der Waals surface area contributed by atoms with Gasteiger partial charge in [0.25, 0.3) is 0 Å². The van der Waals surface area contributed by atoms with Crippen molar-refractivity contribution in [2.24, 2.45) is 5.73 Å². The first-order valence-electron chi connectivity index (χ1n) is 6.71. The first kappa shape index (κ1) is 12.8. The van der Waals surface area contributed by atoms with E-state index in [0.717, 1.165) is 23.1 Å². The average molecular weight is 265 g/mol. The molecule has 0 aliphatic heterocycles. The van der Waals surface area contributed by atoms with Crippen molar-refractivity contribution in [3.05, 3.63) is 59.2 Å². The molecule has 0 amide bonds.